The maximum Gasteiger partial charge on any atom is 0.410 e. The first-order valence-electron chi connectivity index (χ1n) is 14.1. The van der Waals surface area contributed by atoms with Crippen LogP contribution in [0.5, 0.6) is 0 Å². The summed E-state index contributed by atoms with van der Waals surface area (Å²) in [5.41, 5.74) is -0.740. The van der Waals surface area contributed by atoms with Crippen molar-refractivity contribution in [3.8, 4) is 0 Å². The molecule has 2 aliphatic heterocycles. The molecular weight excluding hydrogens is 516 g/mol. The van der Waals surface area contributed by atoms with Gasteiger partial charge in [0.1, 0.15) is 6.61 Å². The lowest BCUT2D eigenvalue weighted by molar-refractivity contribution is -0.157. The fourth-order valence-corrected chi connectivity index (χ4v) is 5.23. The number of rotatable bonds is 10. The van der Waals surface area contributed by atoms with Crippen LogP contribution in [-0.4, -0.2) is 78.0 Å². The molecule has 2 N–H and O–H groups in total. The van der Waals surface area contributed by atoms with Crippen molar-refractivity contribution in [2.24, 2.45) is 11.8 Å². The maximum atomic E-state index is 13.0. The van der Waals surface area contributed by atoms with Crippen LogP contribution in [0.25, 0.3) is 0 Å². The van der Waals surface area contributed by atoms with E-state index < -0.39 is 29.4 Å². The molecule has 1 aromatic carbocycles. The van der Waals surface area contributed by atoms with Gasteiger partial charge in [-0.2, -0.15) is 0 Å². The standard InChI is InChI=1S/C29H42N4O7/c1-4-39-27(37)29(3,30-21(2)34)31-26(36)24-11-8-16-33(19-24)25(35)13-12-22-14-17-32(18-15-22)28(38)40-20-23-9-6-5-7-10-23/h5-7,9-10,22,24H,4,8,11-20H2,1-3H3,(H,30,34)(H,31,36)/t24-,29+/m1/s1. The minimum absolute atomic E-state index is 0.00258. The van der Waals surface area contributed by atoms with E-state index in [1.165, 1.54) is 13.8 Å². The Hall–Kier alpha value is -3.63. The van der Waals surface area contributed by atoms with Gasteiger partial charge < -0.3 is 29.9 Å². The van der Waals surface area contributed by atoms with Crippen LogP contribution < -0.4 is 10.6 Å². The van der Waals surface area contributed by atoms with Gasteiger partial charge in [-0.25, -0.2) is 9.59 Å². The molecule has 11 nitrogen and oxygen atoms in total. The third-order valence-corrected chi connectivity index (χ3v) is 7.47. The zero-order chi connectivity index (χ0) is 29.1. The fraction of sp³-hybridized carbons (Fsp3) is 0.621. The first-order chi connectivity index (χ1) is 19.1. The van der Waals surface area contributed by atoms with E-state index in [-0.39, 0.29) is 31.8 Å². The highest BCUT2D eigenvalue weighted by atomic mass is 16.6. The zero-order valence-corrected chi connectivity index (χ0v) is 23.8. The summed E-state index contributed by atoms with van der Waals surface area (Å²) in [6.07, 6.45) is 3.67. The van der Waals surface area contributed by atoms with Gasteiger partial charge in [-0.05, 0) is 57.4 Å². The molecule has 0 aromatic heterocycles. The van der Waals surface area contributed by atoms with Crippen molar-refractivity contribution in [2.45, 2.75) is 71.6 Å². The topological polar surface area (TPSA) is 134 Å². The van der Waals surface area contributed by atoms with Crippen LogP contribution in [0.1, 0.15) is 64.9 Å². The molecule has 11 heteroatoms. The number of carbonyl (C=O) groups excluding carboxylic acids is 5. The minimum atomic E-state index is -1.69. The largest absolute Gasteiger partial charge is 0.463 e. The molecule has 0 aliphatic carbocycles. The van der Waals surface area contributed by atoms with Crippen molar-refractivity contribution >= 4 is 29.8 Å². The molecule has 1 aromatic rings. The van der Waals surface area contributed by atoms with E-state index in [4.69, 9.17) is 9.47 Å². The molecule has 2 fully saturated rings. The highest BCUT2D eigenvalue weighted by molar-refractivity contribution is 5.92. The van der Waals surface area contributed by atoms with Crippen molar-refractivity contribution in [2.75, 3.05) is 32.8 Å². The molecule has 3 rings (SSSR count). The smallest absolute Gasteiger partial charge is 0.410 e. The highest BCUT2D eigenvalue weighted by Crippen LogP contribution is 2.25. The summed E-state index contributed by atoms with van der Waals surface area (Å²) in [7, 11) is 0. The highest BCUT2D eigenvalue weighted by Gasteiger charge is 2.40. The normalized spacial score (nSPS) is 19.2. The SMILES string of the molecule is CCOC(=O)[C@@](C)(NC(C)=O)NC(=O)[C@@H]1CCCN(C(=O)CCC2CCN(C(=O)OCc3ccccc3)CC2)C1. The maximum absolute atomic E-state index is 13.0. The summed E-state index contributed by atoms with van der Waals surface area (Å²) in [4.78, 5) is 66.0. The number of nitrogens with one attached hydrogen (secondary N) is 2. The van der Waals surface area contributed by atoms with Gasteiger partial charge >= 0.3 is 12.1 Å². The number of carbonyl (C=O) groups is 5. The van der Waals surface area contributed by atoms with E-state index in [1.807, 2.05) is 30.3 Å². The van der Waals surface area contributed by atoms with Gasteiger partial charge in [0.2, 0.25) is 23.4 Å². The summed E-state index contributed by atoms with van der Waals surface area (Å²) in [5.74, 6) is -1.80. The molecule has 0 bridgehead atoms. The fourth-order valence-electron chi connectivity index (χ4n) is 5.23. The molecule has 2 atom stereocenters. The van der Waals surface area contributed by atoms with Crippen molar-refractivity contribution in [3.63, 3.8) is 0 Å². The number of benzene rings is 1. The average Bonchev–Trinajstić information content (AvgIpc) is 2.95. The van der Waals surface area contributed by atoms with Gasteiger partial charge in [-0.1, -0.05) is 30.3 Å². The van der Waals surface area contributed by atoms with E-state index in [2.05, 4.69) is 10.6 Å². The van der Waals surface area contributed by atoms with Crippen molar-refractivity contribution in [1.29, 1.82) is 0 Å². The van der Waals surface area contributed by atoms with Gasteiger partial charge in [0.15, 0.2) is 0 Å². The third-order valence-electron chi connectivity index (χ3n) is 7.47. The third kappa shape index (κ3) is 8.96. The quantitative estimate of drug-likeness (QED) is 0.333. The Kier molecular flexibility index (Phi) is 11.3. The average molecular weight is 559 g/mol. The number of esters is 1. The molecule has 0 saturated carbocycles. The van der Waals surface area contributed by atoms with E-state index in [0.717, 1.165) is 24.8 Å². The molecule has 0 radical (unpaired) electrons. The lowest BCUT2D eigenvalue weighted by Gasteiger charge is -2.35. The number of likely N-dealkylation sites (tertiary alicyclic amines) is 2. The Balaban J connectivity index is 1.42. The number of nitrogens with zero attached hydrogens (tertiary/aromatic N) is 2. The first kappa shape index (κ1) is 30.9. The molecule has 2 aliphatic rings. The van der Waals surface area contributed by atoms with Crippen molar-refractivity contribution in [3.05, 3.63) is 35.9 Å². The van der Waals surface area contributed by atoms with Crippen LogP contribution in [0.4, 0.5) is 4.79 Å². The van der Waals surface area contributed by atoms with Crippen LogP contribution in [-0.2, 0) is 35.3 Å². The van der Waals surface area contributed by atoms with Gasteiger partial charge in [-0.15, -0.1) is 0 Å². The van der Waals surface area contributed by atoms with Gasteiger partial charge in [-0.3, -0.25) is 14.4 Å². The number of hydrogen-bond donors (Lipinski definition) is 2. The van der Waals surface area contributed by atoms with Crippen LogP contribution in [0.3, 0.4) is 0 Å². The minimum Gasteiger partial charge on any atom is -0.463 e. The van der Waals surface area contributed by atoms with E-state index in [1.54, 1.807) is 16.7 Å². The predicted molar refractivity (Wildman–Crippen MR) is 146 cm³/mol. The van der Waals surface area contributed by atoms with Crippen LogP contribution in [0.2, 0.25) is 0 Å². The van der Waals surface area contributed by atoms with Crippen LogP contribution in [0, 0.1) is 11.8 Å². The Morgan fingerprint density at radius 3 is 2.30 bits per heavy atom. The summed E-state index contributed by atoms with van der Waals surface area (Å²) in [5, 5.41) is 5.10. The molecule has 4 amide bonds. The number of ether oxygens (including phenoxy) is 2. The van der Waals surface area contributed by atoms with Crippen molar-refractivity contribution in [1.82, 2.24) is 20.4 Å². The Morgan fingerprint density at radius 1 is 0.950 bits per heavy atom. The molecule has 2 saturated heterocycles. The molecule has 2 heterocycles. The molecule has 40 heavy (non-hydrogen) atoms. The van der Waals surface area contributed by atoms with E-state index >= 15 is 0 Å². The van der Waals surface area contributed by atoms with Gasteiger partial charge in [0.25, 0.3) is 0 Å². The molecule has 220 valence electrons. The lowest BCUT2D eigenvalue weighted by Crippen LogP contribution is -2.65. The molecule has 0 unspecified atom stereocenters. The van der Waals surface area contributed by atoms with E-state index in [0.29, 0.717) is 44.8 Å². The first-order valence-corrected chi connectivity index (χ1v) is 14.1. The summed E-state index contributed by atoms with van der Waals surface area (Å²) < 4.78 is 10.5. The molecule has 0 spiro atoms. The second-order valence-electron chi connectivity index (χ2n) is 10.7. The van der Waals surface area contributed by atoms with Gasteiger partial charge in [0, 0.05) is 39.5 Å². The Bertz CT molecular complexity index is 1040. The summed E-state index contributed by atoms with van der Waals surface area (Å²) in [6, 6.07) is 9.57. The van der Waals surface area contributed by atoms with E-state index in [9.17, 15) is 24.0 Å². The second kappa shape index (κ2) is 14.7. The van der Waals surface area contributed by atoms with Crippen LogP contribution >= 0.6 is 0 Å². The number of piperidine rings is 2. The summed E-state index contributed by atoms with van der Waals surface area (Å²) in [6.45, 7) is 6.69. The number of amides is 4. The predicted octanol–water partition coefficient (Wildman–Crippen LogP) is 2.59. The van der Waals surface area contributed by atoms with Crippen LogP contribution in [0.15, 0.2) is 30.3 Å². The second-order valence-corrected chi connectivity index (χ2v) is 10.7. The lowest BCUT2D eigenvalue weighted by atomic mass is 9.91. The Morgan fingerprint density at radius 2 is 1.65 bits per heavy atom. The number of hydrogen-bond acceptors (Lipinski definition) is 7. The zero-order valence-electron chi connectivity index (χ0n) is 23.8. The van der Waals surface area contributed by atoms with Crippen molar-refractivity contribution < 1.29 is 33.4 Å². The molecular formula is C29H42N4O7. The summed E-state index contributed by atoms with van der Waals surface area (Å²) >= 11 is 0. The Labute approximate surface area is 235 Å². The van der Waals surface area contributed by atoms with Gasteiger partial charge in [0.05, 0.1) is 12.5 Å². The monoisotopic (exact) mass is 558 g/mol.